The number of aliphatic hydroxyl groups is 1. The number of unbranched alkanes of at least 4 members (excludes halogenated alkanes) is 1. The average Bonchev–Trinajstić information content (AvgIpc) is 3.02. The molecule has 0 radical (unpaired) electrons. The molecule has 92 valence electrons. The molecule has 2 aromatic rings. The van der Waals surface area contributed by atoms with Crippen molar-refractivity contribution in [2.45, 2.75) is 24.9 Å². The first-order valence-electron chi connectivity index (χ1n) is 5.61. The minimum absolute atomic E-state index is 0.784. The van der Waals surface area contributed by atoms with Crippen molar-refractivity contribution in [2.24, 2.45) is 0 Å². The van der Waals surface area contributed by atoms with Crippen LogP contribution in [0.25, 0.3) is 0 Å². The van der Waals surface area contributed by atoms with Crippen molar-refractivity contribution in [3.05, 3.63) is 44.8 Å². The Morgan fingerprint density at radius 2 is 1.65 bits per heavy atom. The van der Waals surface area contributed by atoms with Gasteiger partial charge in [0, 0.05) is 5.33 Å². The highest BCUT2D eigenvalue weighted by Gasteiger charge is 2.31. The Morgan fingerprint density at radius 3 is 2.06 bits per heavy atom. The summed E-state index contributed by atoms with van der Waals surface area (Å²) in [6.45, 7) is 0. The van der Waals surface area contributed by atoms with Crippen LogP contribution in [0.5, 0.6) is 0 Å². The topological polar surface area (TPSA) is 20.2 Å². The van der Waals surface area contributed by atoms with Crippen molar-refractivity contribution in [1.82, 2.24) is 0 Å². The van der Waals surface area contributed by atoms with Gasteiger partial charge in [-0.15, -0.1) is 0 Å². The average molecular weight is 331 g/mol. The van der Waals surface area contributed by atoms with E-state index in [0.717, 1.165) is 35.7 Å². The summed E-state index contributed by atoms with van der Waals surface area (Å²) in [4.78, 5) is 0. The van der Waals surface area contributed by atoms with Gasteiger partial charge in [-0.3, -0.25) is 0 Å². The Labute approximate surface area is 118 Å². The van der Waals surface area contributed by atoms with Gasteiger partial charge in [-0.25, -0.2) is 0 Å². The molecule has 0 aliphatic carbocycles. The molecule has 0 fully saturated rings. The van der Waals surface area contributed by atoms with E-state index in [0.29, 0.717) is 0 Å². The minimum atomic E-state index is -0.803. The molecule has 1 N–H and O–H groups in total. The van der Waals surface area contributed by atoms with Crippen molar-refractivity contribution >= 4 is 38.6 Å². The highest BCUT2D eigenvalue weighted by Crippen LogP contribution is 2.36. The zero-order chi connectivity index (χ0) is 12.1. The van der Waals surface area contributed by atoms with E-state index in [4.69, 9.17) is 0 Å². The summed E-state index contributed by atoms with van der Waals surface area (Å²) in [5.41, 5.74) is 1.24. The molecule has 0 atom stereocenters. The van der Waals surface area contributed by atoms with Gasteiger partial charge in [0.05, 0.1) is 0 Å². The Balaban J connectivity index is 2.23. The molecule has 1 nitrogen and oxygen atoms in total. The van der Waals surface area contributed by atoms with Gasteiger partial charge in [0.1, 0.15) is 5.60 Å². The van der Waals surface area contributed by atoms with Crippen molar-refractivity contribution in [1.29, 1.82) is 0 Å². The van der Waals surface area contributed by atoms with Gasteiger partial charge < -0.3 is 5.11 Å². The third-order valence-corrected chi connectivity index (χ3v) is 4.85. The first-order valence-corrected chi connectivity index (χ1v) is 8.62. The summed E-state index contributed by atoms with van der Waals surface area (Å²) >= 11 is 6.71. The number of hydrogen-bond acceptors (Lipinski definition) is 3. The summed E-state index contributed by atoms with van der Waals surface area (Å²) in [6, 6.07) is 4.05. The number of halogens is 1. The Hall–Kier alpha value is -0.160. The van der Waals surface area contributed by atoms with Gasteiger partial charge in [0.25, 0.3) is 0 Å². The first-order chi connectivity index (χ1) is 8.27. The van der Waals surface area contributed by atoms with Crippen molar-refractivity contribution in [3.63, 3.8) is 0 Å². The second-order valence-electron chi connectivity index (χ2n) is 4.03. The molecule has 0 amide bonds. The van der Waals surface area contributed by atoms with Crippen LogP contribution in [-0.2, 0) is 5.60 Å². The number of alkyl halides is 1. The van der Waals surface area contributed by atoms with Crippen LogP contribution in [0, 0.1) is 0 Å². The molecule has 4 heteroatoms. The van der Waals surface area contributed by atoms with Gasteiger partial charge in [0.15, 0.2) is 0 Å². The second kappa shape index (κ2) is 6.14. The molecule has 0 aliphatic rings. The molecular formula is C13H15BrOS2. The first kappa shape index (κ1) is 13.3. The van der Waals surface area contributed by atoms with Gasteiger partial charge in [-0.2, -0.15) is 22.7 Å². The molecule has 2 heterocycles. The third kappa shape index (κ3) is 2.99. The molecule has 0 aromatic carbocycles. The maximum atomic E-state index is 11.0. The van der Waals surface area contributed by atoms with E-state index in [1.54, 1.807) is 22.7 Å². The summed E-state index contributed by atoms with van der Waals surface area (Å²) in [6.07, 6.45) is 2.90. The van der Waals surface area contributed by atoms with E-state index in [2.05, 4.69) is 15.9 Å². The van der Waals surface area contributed by atoms with Crippen LogP contribution in [0.1, 0.15) is 30.4 Å². The zero-order valence-corrected chi connectivity index (χ0v) is 12.7. The highest BCUT2D eigenvalue weighted by atomic mass is 79.9. The summed E-state index contributed by atoms with van der Waals surface area (Å²) in [5.74, 6) is 0. The number of rotatable bonds is 6. The lowest BCUT2D eigenvalue weighted by Crippen LogP contribution is -2.26. The van der Waals surface area contributed by atoms with E-state index in [1.165, 1.54) is 0 Å². The van der Waals surface area contributed by atoms with Gasteiger partial charge >= 0.3 is 0 Å². The van der Waals surface area contributed by atoms with E-state index >= 15 is 0 Å². The molecule has 0 unspecified atom stereocenters. The lowest BCUT2D eigenvalue weighted by atomic mass is 9.85. The Morgan fingerprint density at radius 1 is 1.06 bits per heavy atom. The lowest BCUT2D eigenvalue weighted by molar-refractivity contribution is 0.0695. The molecule has 2 rings (SSSR count). The lowest BCUT2D eigenvalue weighted by Gasteiger charge is -2.27. The smallest absolute Gasteiger partial charge is 0.116 e. The highest BCUT2D eigenvalue weighted by molar-refractivity contribution is 9.09. The zero-order valence-electron chi connectivity index (χ0n) is 9.43. The fourth-order valence-electron chi connectivity index (χ4n) is 1.93. The van der Waals surface area contributed by atoms with E-state index in [1.807, 2.05) is 33.7 Å². The largest absolute Gasteiger partial charge is 0.380 e. The SMILES string of the molecule is OC(CCCCBr)(c1ccsc1)c1ccsc1. The Kier molecular flexibility index (Phi) is 4.79. The second-order valence-corrected chi connectivity index (χ2v) is 6.38. The monoisotopic (exact) mass is 330 g/mol. The van der Waals surface area contributed by atoms with Crippen LogP contribution in [0.2, 0.25) is 0 Å². The fraction of sp³-hybridized carbons (Fsp3) is 0.385. The van der Waals surface area contributed by atoms with Crippen LogP contribution >= 0.6 is 38.6 Å². The van der Waals surface area contributed by atoms with E-state index in [-0.39, 0.29) is 0 Å². The molecular weight excluding hydrogens is 316 g/mol. The van der Waals surface area contributed by atoms with Gasteiger partial charge in [-0.05, 0) is 64.0 Å². The maximum absolute atomic E-state index is 11.0. The molecule has 0 aliphatic heterocycles. The van der Waals surface area contributed by atoms with Gasteiger partial charge in [-0.1, -0.05) is 15.9 Å². The predicted molar refractivity (Wildman–Crippen MR) is 79.3 cm³/mol. The van der Waals surface area contributed by atoms with Crippen LogP contribution in [0.3, 0.4) is 0 Å². The maximum Gasteiger partial charge on any atom is 0.116 e. The van der Waals surface area contributed by atoms with Gasteiger partial charge in [0.2, 0.25) is 0 Å². The normalized spacial score (nSPS) is 11.9. The predicted octanol–water partition coefficient (Wildman–Crippen LogP) is 4.61. The Bertz CT molecular complexity index is 388. The molecule has 0 saturated carbocycles. The quantitative estimate of drug-likeness (QED) is 0.605. The number of thiophene rings is 2. The van der Waals surface area contributed by atoms with Crippen molar-refractivity contribution in [2.75, 3.05) is 5.33 Å². The molecule has 0 bridgehead atoms. The third-order valence-electron chi connectivity index (χ3n) is 2.92. The van der Waals surface area contributed by atoms with Crippen LogP contribution in [0.15, 0.2) is 33.7 Å². The molecule has 2 aromatic heterocycles. The summed E-state index contributed by atoms with van der Waals surface area (Å²) in [5, 5.41) is 20.1. The fourth-order valence-corrected chi connectivity index (χ4v) is 3.77. The van der Waals surface area contributed by atoms with Crippen LogP contribution < -0.4 is 0 Å². The molecule has 0 spiro atoms. The summed E-state index contributed by atoms with van der Waals surface area (Å²) in [7, 11) is 0. The van der Waals surface area contributed by atoms with Crippen LogP contribution in [0.4, 0.5) is 0 Å². The van der Waals surface area contributed by atoms with E-state index in [9.17, 15) is 5.11 Å². The molecule has 0 saturated heterocycles. The van der Waals surface area contributed by atoms with E-state index < -0.39 is 5.60 Å². The minimum Gasteiger partial charge on any atom is -0.380 e. The summed E-state index contributed by atoms with van der Waals surface area (Å²) < 4.78 is 0. The van der Waals surface area contributed by atoms with Crippen LogP contribution in [-0.4, -0.2) is 10.4 Å². The number of hydrogen-bond donors (Lipinski definition) is 1. The molecule has 17 heavy (non-hydrogen) atoms. The van der Waals surface area contributed by atoms with Crippen molar-refractivity contribution < 1.29 is 5.11 Å². The standard InChI is InChI=1S/C13H15BrOS2/c14-6-2-1-5-13(15,11-3-7-16-9-11)12-4-8-17-10-12/h3-4,7-10,15H,1-2,5-6H2. The van der Waals surface area contributed by atoms with Crippen molar-refractivity contribution in [3.8, 4) is 0 Å².